The lowest BCUT2D eigenvalue weighted by atomic mass is 9.76. The SMILES string of the molecule is O=C1c2ccccc2CC12CN(c1nc(Cl)nc3c1ncn3[C@@H]1O[C@H](COP(=O)(O)CP(=O)(O)O)C(O)C1O)C2. The number of Topliss-reactive ketones (excluding diaryl/α,β-unsaturated/α-hetero) is 1. The first-order valence-corrected chi connectivity index (χ1v) is 16.0. The van der Waals surface area contributed by atoms with Gasteiger partial charge in [-0.05, 0) is 23.6 Å². The number of ketones is 1. The molecule has 1 spiro atoms. The molecule has 3 unspecified atom stereocenters. The molecule has 18 heteroatoms. The van der Waals surface area contributed by atoms with Gasteiger partial charge in [-0.15, -0.1) is 0 Å². The van der Waals surface area contributed by atoms with E-state index in [9.17, 15) is 29.0 Å². The molecule has 0 radical (unpaired) electrons. The fourth-order valence-corrected chi connectivity index (χ4v) is 8.29. The quantitative estimate of drug-likeness (QED) is 0.182. The minimum atomic E-state index is -4.85. The Labute approximate surface area is 231 Å². The van der Waals surface area contributed by atoms with Gasteiger partial charge in [0.25, 0.3) is 0 Å². The number of imidazole rings is 1. The van der Waals surface area contributed by atoms with Crippen LogP contribution in [-0.4, -0.2) is 94.1 Å². The van der Waals surface area contributed by atoms with Gasteiger partial charge in [-0.1, -0.05) is 24.3 Å². The second kappa shape index (κ2) is 9.63. The molecule has 0 amide bonds. The Morgan fingerprint density at radius 1 is 1.12 bits per heavy atom. The number of halogens is 1. The predicted octanol–water partition coefficient (Wildman–Crippen LogP) is 0.681. The van der Waals surface area contributed by atoms with Gasteiger partial charge in [0.15, 0.2) is 34.9 Å². The van der Waals surface area contributed by atoms with E-state index in [-0.39, 0.29) is 16.7 Å². The van der Waals surface area contributed by atoms with Crippen molar-refractivity contribution in [1.82, 2.24) is 19.5 Å². The van der Waals surface area contributed by atoms with Gasteiger partial charge in [-0.25, -0.2) is 4.98 Å². The fraction of sp³-hybridized carbons (Fsp3) is 0.455. The number of carbonyl (C=O) groups excluding carboxylic acids is 1. The van der Waals surface area contributed by atoms with Gasteiger partial charge in [0.2, 0.25) is 5.28 Å². The van der Waals surface area contributed by atoms with Crippen LogP contribution in [0.3, 0.4) is 0 Å². The van der Waals surface area contributed by atoms with Gasteiger partial charge in [-0.2, -0.15) is 9.97 Å². The maximum Gasteiger partial charge on any atom is 0.340 e. The van der Waals surface area contributed by atoms with E-state index in [4.69, 9.17) is 30.6 Å². The van der Waals surface area contributed by atoms with E-state index in [1.807, 2.05) is 29.2 Å². The molecule has 40 heavy (non-hydrogen) atoms. The van der Waals surface area contributed by atoms with Gasteiger partial charge in [0.1, 0.15) is 18.3 Å². The largest absolute Gasteiger partial charge is 0.387 e. The Hall–Kier alpha value is -2.29. The molecule has 6 rings (SSSR count). The smallest absolute Gasteiger partial charge is 0.340 e. The van der Waals surface area contributed by atoms with Crippen molar-refractivity contribution in [3.8, 4) is 0 Å². The maximum absolute atomic E-state index is 13.1. The van der Waals surface area contributed by atoms with Crippen LogP contribution in [0.15, 0.2) is 30.6 Å². The molecular weight excluding hydrogens is 592 g/mol. The highest BCUT2D eigenvalue weighted by Crippen LogP contribution is 2.55. The highest BCUT2D eigenvalue weighted by atomic mass is 35.5. The summed E-state index contributed by atoms with van der Waals surface area (Å²) in [6, 6.07) is 7.51. The third kappa shape index (κ3) is 4.80. The molecule has 214 valence electrons. The summed E-state index contributed by atoms with van der Waals surface area (Å²) in [7, 11) is -9.56. The van der Waals surface area contributed by atoms with Crippen molar-refractivity contribution >= 4 is 49.6 Å². The van der Waals surface area contributed by atoms with Crippen molar-refractivity contribution in [2.45, 2.75) is 31.0 Å². The first kappa shape index (κ1) is 27.9. The predicted molar refractivity (Wildman–Crippen MR) is 138 cm³/mol. The molecular formula is C22H24ClN5O10P2. The Kier molecular flexibility index (Phi) is 6.71. The second-order valence-corrected chi connectivity index (χ2v) is 14.6. The van der Waals surface area contributed by atoms with Crippen LogP contribution < -0.4 is 4.90 Å². The summed E-state index contributed by atoms with van der Waals surface area (Å²) in [5.41, 5.74) is 1.65. The van der Waals surface area contributed by atoms with E-state index >= 15 is 0 Å². The van der Waals surface area contributed by atoms with Crippen molar-refractivity contribution in [3.05, 3.63) is 47.0 Å². The molecule has 2 aliphatic heterocycles. The molecule has 2 saturated heterocycles. The van der Waals surface area contributed by atoms with Crippen LogP contribution in [0.2, 0.25) is 5.28 Å². The van der Waals surface area contributed by atoms with Crippen molar-refractivity contribution < 1.29 is 48.1 Å². The van der Waals surface area contributed by atoms with Crippen LogP contribution in [-0.2, 0) is 24.8 Å². The number of fused-ring (bicyclic) bond motifs is 2. The summed E-state index contributed by atoms with van der Waals surface area (Å²) in [6.45, 7) is 0.0566. The third-order valence-corrected chi connectivity index (χ3v) is 11.0. The Morgan fingerprint density at radius 3 is 2.55 bits per heavy atom. The number of nitrogens with zero attached hydrogens (tertiary/aromatic N) is 5. The normalized spacial score (nSPS) is 27.2. The molecule has 2 aromatic heterocycles. The van der Waals surface area contributed by atoms with E-state index < -0.39 is 57.7 Å². The number of ether oxygens (including phenoxy) is 1. The van der Waals surface area contributed by atoms with Crippen LogP contribution in [0.1, 0.15) is 22.1 Å². The number of aliphatic hydroxyl groups excluding tert-OH is 2. The number of aliphatic hydroxyl groups is 2. The van der Waals surface area contributed by atoms with Gasteiger partial charge < -0.3 is 39.1 Å². The summed E-state index contributed by atoms with van der Waals surface area (Å²) in [5.74, 6) is -0.942. The first-order chi connectivity index (χ1) is 18.8. The summed E-state index contributed by atoms with van der Waals surface area (Å²) < 4.78 is 34.8. The van der Waals surface area contributed by atoms with Crippen LogP contribution in [0.25, 0.3) is 11.2 Å². The van der Waals surface area contributed by atoms with E-state index in [0.29, 0.717) is 30.8 Å². The summed E-state index contributed by atoms with van der Waals surface area (Å²) in [5, 5.41) is 21.0. The number of aromatic nitrogens is 4. The van der Waals surface area contributed by atoms with Gasteiger partial charge >= 0.3 is 15.2 Å². The zero-order valence-corrected chi connectivity index (χ0v) is 23.1. The van der Waals surface area contributed by atoms with Crippen LogP contribution in [0, 0.1) is 5.41 Å². The minimum Gasteiger partial charge on any atom is -0.387 e. The summed E-state index contributed by atoms with van der Waals surface area (Å²) in [4.78, 5) is 55.5. The summed E-state index contributed by atoms with van der Waals surface area (Å²) in [6.07, 6.45) is -3.80. The lowest BCUT2D eigenvalue weighted by Gasteiger charge is -2.47. The molecule has 1 aromatic carbocycles. The van der Waals surface area contributed by atoms with E-state index in [2.05, 4.69) is 15.0 Å². The molecule has 3 aliphatic rings. The molecule has 2 fully saturated rings. The van der Waals surface area contributed by atoms with Crippen LogP contribution in [0.4, 0.5) is 5.82 Å². The Morgan fingerprint density at radius 2 is 1.85 bits per heavy atom. The topological polar surface area (TPSA) is 218 Å². The van der Waals surface area contributed by atoms with Crippen molar-refractivity contribution in [3.63, 3.8) is 0 Å². The average Bonchev–Trinajstić information content (AvgIpc) is 3.48. The molecule has 0 bridgehead atoms. The molecule has 5 N–H and O–H groups in total. The monoisotopic (exact) mass is 615 g/mol. The number of carbonyl (C=O) groups is 1. The third-order valence-electron chi connectivity index (χ3n) is 7.35. The van der Waals surface area contributed by atoms with Crippen LogP contribution in [0.5, 0.6) is 0 Å². The minimum absolute atomic E-state index is 0.0826. The van der Waals surface area contributed by atoms with Gasteiger partial charge in [0.05, 0.1) is 18.3 Å². The van der Waals surface area contributed by atoms with Crippen molar-refractivity contribution in [2.24, 2.45) is 5.41 Å². The number of benzene rings is 1. The number of hydrogen-bond donors (Lipinski definition) is 5. The van der Waals surface area contributed by atoms with Crippen molar-refractivity contribution in [2.75, 3.05) is 30.5 Å². The maximum atomic E-state index is 13.1. The number of rotatable bonds is 7. The van der Waals surface area contributed by atoms with Gasteiger partial charge in [0, 0.05) is 18.7 Å². The zero-order chi connectivity index (χ0) is 28.6. The molecule has 4 heterocycles. The molecule has 0 saturated carbocycles. The highest BCUT2D eigenvalue weighted by Gasteiger charge is 2.54. The lowest BCUT2D eigenvalue weighted by Crippen LogP contribution is -2.60. The van der Waals surface area contributed by atoms with Crippen molar-refractivity contribution in [1.29, 1.82) is 0 Å². The van der Waals surface area contributed by atoms with E-state index in [0.717, 1.165) is 11.1 Å². The van der Waals surface area contributed by atoms with Gasteiger partial charge in [-0.3, -0.25) is 18.5 Å². The Balaban J connectivity index is 1.21. The molecule has 3 aromatic rings. The standard InChI is InChI=1S/C22H24ClN5O10P2/c23-21-25-18(27-7-22(8-27)5-11-3-1-2-4-12(11)17(22)31)14-19(26-21)28(9-24-14)20-16(30)15(29)13(38-20)6-37-40(35,36)10-39(32,33)34/h1-4,9,13,15-16,20,29-30H,5-8,10H2,(H,35,36)(H2,32,33,34)/t13-,15?,16?,20-/m1/s1. The second-order valence-electron chi connectivity index (χ2n) is 10.2. The zero-order valence-electron chi connectivity index (χ0n) is 20.5. The number of hydrogen-bond acceptors (Lipinski definition) is 11. The first-order valence-electron chi connectivity index (χ1n) is 12.1. The number of anilines is 1. The van der Waals surface area contributed by atoms with E-state index in [1.165, 1.54) is 10.9 Å². The fourth-order valence-electron chi connectivity index (χ4n) is 5.56. The molecule has 5 atom stereocenters. The molecule has 15 nitrogen and oxygen atoms in total. The highest BCUT2D eigenvalue weighted by molar-refractivity contribution is 7.70. The summed E-state index contributed by atoms with van der Waals surface area (Å²) >= 11 is 6.23. The van der Waals surface area contributed by atoms with Crippen LogP contribution >= 0.6 is 26.8 Å². The molecule has 1 aliphatic carbocycles. The average molecular weight is 616 g/mol. The Bertz CT molecular complexity index is 1610. The van der Waals surface area contributed by atoms with E-state index in [1.54, 1.807) is 0 Å². The lowest BCUT2D eigenvalue weighted by molar-refractivity contribution is -0.0483.